The monoisotopic (exact) mass is 331 g/mol. The Balaban J connectivity index is 1.96. The average molecular weight is 332 g/mol. The lowest BCUT2D eigenvalue weighted by Crippen LogP contribution is -2.27. The van der Waals surface area contributed by atoms with Gasteiger partial charge in [-0.15, -0.1) is 0 Å². The van der Waals surface area contributed by atoms with E-state index in [0.717, 1.165) is 19.4 Å². The van der Waals surface area contributed by atoms with Crippen molar-refractivity contribution in [2.24, 2.45) is 5.92 Å². The third-order valence-electron chi connectivity index (χ3n) is 3.74. The summed E-state index contributed by atoms with van der Waals surface area (Å²) in [6.07, 6.45) is 6.88. The van der Waals surface area contributed by atoms with Crippen molar-refractivity contribution in [1.82, 2.24) is 9.71 Å². The Morgan fingerprint density at radius 1 is 1.38 bits per heavy atom. The minimum atomic E-state index is -3.52. The van der Waals surface area contributed by atoms with Gasteiger partial charge in [-0.1, -0.05) is 37.8 Å². The maximum atomic E-state index is 12.2. The lowest BCUT2D eigenvalue weighted by Gasteiger charge is -2.25. The van der Waals surface area contributed by atoms with Crippen molar-refractivity contribution in [3.05, 3.63) is 17.3 Å². The van der Waals surface area contributed by atoms with Crippen molar-refractivity contribution < 1.29 is 8.42 Å². The van der Waals surface area contributed by atoms with Gasteiger partial charge >= 0.3 is 0 Å². The summed E-state index contributed by atoms with van der Waals surface area (Å²) >= 11 is 6.07. The van der Waals surface area contributed by atoms with E-state index in [4.69, 9.17) is 11.6 Å². The van der Waals surface area contributed by atoms with Crippen molar-refractivity contribution in [2.75, 3.05) is 18.4 Å². The summed E-state index contributed by atoms with van der Waals surface area (Å²) in [4.78, 5) is 4.20. The maximum Gasteiger partial charge on any atom is 0.242 e. The Labute approximate surface area is 131 Å². The van der Waals surface area contributed by atoms with E-state index in [1.807, 2.05) is 6.92 Å². The number of nitrogens with one attached hydrogen (secondary N) is 2. The van der Waals surface area contributed by atoms with Gasteiger partial charge in [0.15, 0.2) is 0 Å². The number of sulfonamides is 1. The van der Waals surface area contributed by atoms with E-state index in [-0.39, 0.29) is 4.90 Å². The summed E-state index contributed by atoms with van der Waals surface area (Å²) in [5.74, 6) is 1.20. The first-order valence-electron chi connectivity index (χ1n) is 7.42. The van der Waals surface area contributed by atoms with Crippen LogP contribution in [0.2, 0.25) is 5.02 Å². The molecule has 118 valence electrons. The summed E-state index contributed by atoms with van der Waals surface area (Å²) in [6.45, 7) is 3.25. The summed E-state index contributed by atoms with van der Waals surface area (Å²) in [6, 6.07) is 1.44. The van der Waals surface area contributed by atoms with Crippen LogP contribution in [0.5, 0.6) is 0 Å². The fraction of sp³-hybridized carbons (Fsp3) is 0.643. The van der Waals surface area contributed by atoms with Gasteiger partial charge < -0.3 is 5.32 Å². The Bertz CT molecular complexity index is 574. The zero-order valence-electron chi connectivity index (χ0n) is 12.2. The number of pyridine rings is 1. The van der Waals surface area contributed by atoms with Gasteiger partial charge in [0.05, 0.1) is 5.02 Å². The van der Waals surface area contributed by atoms with Gasteiger partial charge in [-0.25, -0.2) is 18.1 Å². The number of anilines is 1. The van der Waals surface area contributed by atoms with E-state index >= 15 is 0 Å². The first-order chi connectivity index (χ1) is 10.0. The Morgan fingerprint density at radius 3 is 2.71 bits per heavy atom. The van der Waals surface area contributed by atoms with E-state index in [9.17, 15) is 8.42 Å². The quantitative estimate of drug-likeness (QED) is 0.768. The largest absolute Gasteiger partial charge is 0.369 e. The first kappa shape index (κ1) is 16.5. The second kappa shape index (κ2) is 7.42. The smallest absolute Gasteiger partial charge is 0.242 e. The highest BCUT2D eigenvalue weighted by Crippen LogP contribution is 2.29. The van der Waals surface area contributed by atoms with Crippen LogP contribution in [0.3, 0.4) is 0 Å². The molecule has 1 fully saturated rings. The molecule has 1 aromatic rings. The van der Waals surface area contributed by atoms with Crippen molar-refractivity contribution in [3.8, 4) is 0 Å². The van der Waals surface area contributed by atoms with E-state index in [1.165, 1.54) is 31.5 Å². The lowest BCUT2D eigenvalue weighted by atomic mass is 9.83. The van der Waals surface area contributed by atoms with E-state index in [0.29, 0.717) is 23.3 Å². The normalized spacial score (nSPS) is 15.7. The summed E-state index contributed by atoms with van der Waals surface area (Å²) in [5.41, 5.74) is 0. The van der Waals surface area contributed by atoms with Crippen LogP contribution >= 0.6 is 11.6 Å². The Hall–Kier alpha value is -0.850. The fourth-order valence-corrected chi connectivity index (χ4v) is 3.52. The molecule has 0 spiro atoms. The molecule has 0 unspecified atom stereocenters. The molecule has 1 saturated carbocycles. The second-order valence-electron chi connectivity index (χ2n) is 5.41. The van der Waals surface area contributed by atoms with Crippen molar-refractivity contribution >= 4 is 27.4 Å². The average Bonchev–Trinajstić information content (AvgIpc) is 2.40. The number of nitrogens with zero attached hydrogens (tertiary/aromatic N) is 1. The number of rotatable bonds is 8. The fourth-order valence-electron chi connectivity index (χ4n) is 2.20. The van der Waals surface area contributed by atoms with Crippen LogP contribution in [0.4, 0.5) is 5.82 Å². The van der Waals surface area contributed by atoms with Crippen LogP contribution in [0.1, 0.15) is 39.0 Å². The number of hydrogen-bond acceptors (Lipinski definition) is 4. The van der Waals surface area contributed by atoms with E-state index in [2.05, 4.69) is 15.0 Å². The van der Waals surface area contributed by atoms with Crippen LogP contribution in [-0.4, -0.2) is 26.5 Å². The molecule has 0 aliphatic heterocycles. The molecule has 0 radical (unpaired) electrons. The van der Waals surface area contributed by atoms with Crippen LogP contribution in [0, 0.1) is 5.92 Å². The highest BCUT2D eigenvalue weighted by molar-refractivity contribution is 7.89. The molecule has 0 bridgehead atoms. The minimum absolute atomic E-state index is 0.114. The molecule has 0 aromatic carbocycles. The Kier molecular flexibility index (Phi) is 5.84. The zero-order chi connectivity index (χ0) is 15.3. The predicted molar refractivity (Wildman–Crippen MR) is 85.2 cm³/mol. The van der Waals surface area contributed by atoms with Gasteiger partial charge in [0.1, 0.15) is 10.7 Å². The Morgan fingerprint density at radius 2 is 2.14 bits per heavy atom. The number of hydrogen-bond donors (Lipinski definition) is 2. The molecule has 21 heavy (non-hydrogen) atoms. The molecule has 2 N–H and O–H groups in total. The second-order valence-corrected chi connectivity index (χ2v) is 7.59. The molecule has 2 rings (SSSR count). The van der Waals surface area contributed by atoms with Crippen LogP contribution in [0.25, 0.3) is 0 Å². The third kappa shape index (κ3) is 4.56. The minimum Gasteiger partial charge on any atom is -0.369 e. The molecule has 1 aliphatic rings. The summed E-state index contributed by atoms with van der Waals surface area (Å²) < 4.78 is 27.0. The van der Waals surface area contributed by atoms with Crippen LogP contribution in [0.15, 0.2) is 17.2 Å². The van der Waals surface area contributed by atoms with E-state index in [1.54, 1.807) is 0 Å². The number of aromatic nitrogens is 1. The maximum absolute atomic E-state index is 12.2. The molecule has 0 saturated heterocycles. The SMILES string of the molecule is CCCNc1ncc(S(=O)(=O)NCCC2CCC2)cc1Cl. The van der Waals surface area contributed by atoms with Gasteiger partial charge in [0, 0.05) is 19.3 Å². The molecular formula is C14H22ClN3O2S. The molecule has 1 aromatic heterocycles. The van der Waals surface area contributed by atoms with E-state index < -0.39 is 10.0 Å². The molecule has 1 heterocycles. The first-order valence-corrected chi connectivity index (χ1v) is 9.28. The highest BCUT2D eigenvalue weighted by atomic mass is 35.5. The van der Waals surface area contributed by atoms with Gasteiger partial charge in [0.25, 0.3) is 0 Å². The molecule has 5 nitrogen and oxygen atoms in total. The molecular weight excluding hydrogens is 310 g/mol. The van der Waals surface area contributed by atoms with Crippen LogP contribution < -0.4 is 10.0 Å². The lowest BCUT2D eigenvalue weighted by molar-refractivity contribution is 0.297. The summed E-state index contributed by atoms with van der Waals surface area (Å²) in [5, 5.41) is 3.38. The molecule has 0 amide bonds. The van der Waals surface area contributed by atoms with Crippen molar-refractivity contribution in [1.29, 1.82) is 0 Å². The van der Waals surface area contributed by atoms with Crippen molar-refractivity contribution in [3.63, 3.8) is 0 Å². The van der Waals surface area contributed by atoms with Gasteiger partial charge in [0.2, 0.25) is 10.0 Å². The molecule has 7 heteroatoms. The molecule has 1 aliphatic carbocycles. The van der Waals surface area contributed by atoms with Gasteiger partial charge in [-0.2, -0.15) is 0 Å². The number of halogens is 1. The predicted octanol–water partition coefficient (Wildman–Crippen LogP) is 3.03. The third-order valence-corrected chi connectivity index (χ3v) is 5.45. The van der Waals surface area contributed by atoms with Gasteiger partial charge in [-0.05, 0) is 24.8 Å². The van der Waals surface area contributed by atoms with Crippen molar-refractivity contribution in [2.45, 2.75) is 43.9 Å². The summed E-state index contributed by atoms with van der Waals surface area (Å²) in [7, 11) is -3.52. The molecule has 0 atom stereocenters. The topological polar surface area (TPSA) is 71.1 Å². The highest BCUT2D eigenvalue weighted by Gasteiger charge is 2.20. The van der Waals surface area contributed by atoms with Crippen LogP contribution in [-0.2, 0) is 10.0 Å². The standard InChI is InChI=1S/C14H22ClN3O2S/c1-2-7-16-14-13(15)9-12(10-17-14)21(19,20)18-8-6-11-4-3-5-11/h9-11,18H,2-8H2,1H3,(H,16,17). The van der Waals surface area contributed by atoms with Gasteiger partial charge in [-0.3, -0.25) is 0 Å². The zero-order valence-corrected chi connectivity index (χ0v) is 13.8.